The fraction of sp³-hybridized carbons (Fsp3) is 0.538. The molecule has 1 atom stereocenters. The number of ether oxygens (including phenoxy) is 2. The smallest absolute Gasteiger partial charge is 0.163 e. The van der Waals surface area contributed by atoms with E-state index >= 15 is 0 Å². The van der Waals surface area contributed by atoms with Gasteiger partial charge in [-0.15, -0.1) is 0 Å². The van der Waals surface area contributed by atoms with Crippen LogP contribution in [0.5, 0.6) is 11.5 Å². The summed E-state index contributed by atoms with van der Waals surface area (Å²) in [6.45, 7) is 1.47. The maximum absolute atomic E-state index is 10.2. The lowest BCUT2D eigenvalue weighted by atomic mass is 9.87. The van der Waals surface area contributed by atoms with Gasteiger partial charge in [0.05, 0.1) is 7.11 Å². The Bertz CT molecular complexity index is 419. The van der Waals surface area contributed by atoms with Crippen LogP contribution in [0.15, 0.2) is 16.6 Å². The Kier molecular flexibility index (Phi) is 4.48. The summed E-state index contributed by atoms with van der Waals surface area (Å²) in [6.07, 6.45) is 1.84. The molecule has 5 heteroatoms. The standard InChI is InChI=1S/C13H18BrNO3/c1-17-10-3-2-9(14)11(13(10)16)12(15)8-4-6-18-7-5-8/h2-3,8,12,16H,4-7,15H2,1H3/t12-/m1/s1. The second-order valence-electron chi connectivity index (χ2n) is 4.49. The number of phenols is 1. The number of methoxy groups -OCH3 is 1. The van der Waals surface area contributed by atoms with Gasteiger partial charge in [0.25, 0.3) is 0 Å². The first-order chi connectivity index (χ1) is 8.65. The summed E-state index contributed by atoms with van der Waals surface area (Å²) in [6, 6.07) is 3.37. The van der Waals surface area contributed by atoms with E-state index in [1.807, 2.05) is 6.07 Å². The lowest BCUT2D eigenvalue weighted by Gasteiger charge is -2.29. The van der Waals surface area contributed by atoms with Gasteiger partial charge in [0.15, 0.2) is 11.5 Å². The maximum atomic E-state index is 10.2. The number of aromatic hydroxyl groups is 1. The Morgan fingerprint density at radius 2 is 2.11 bits per heavy atom. The normalized spacial score (nSPS) is 18.6. The third kappa shape index (κ3) is 2.63. The molecule has 1 heterocycles. The van der Waals surface area contributed by atoms with Crippen LogP contribution in [-0.4, -0.2) is 25.4 Å². The number of nitrogens with two attached hydrogens (primary N) is 1. The lowest BCUT2D eigenvalue weighted by Crippen LogP contribution is -2.27. The number of rotatable bonds is 3. The van der Waals surface area contributed by atoms with Gasteiger partial charge in [-0.25, -0.2) is 0 Å². The van der Waals surface area contributed by atoms with Crippen molar-refractivity contribution in [3.8, 4) is 11.5 Å². The van der Waals surface area contributed by atoms with Gasteiger partial charge in [-0.05, 0) is 30.9 Å². The Morgan fingerprint density at radius 1 is 1.44 bits per heavy atom. The monoisotopic (exact) mass is 315 g/mol. The summed E-state index contributed by atoms with van der Waals surface area (Å²) in [5, 5.41) is 10.2. The zero-order chi connectivity index (χ0) is 13.1. The molecule has 3 N–H and O–H groups in total. The minimum Gasteiger partial charge on any atom is -0.504 e. The first-order valence-electron chi connectivity index (χ1n) is 6.03. The quantitative estimate of drug-likeness (QED) is 0.900. The van der Waals surface area contributed by atoms with Crippen molar-refractivity contribution in [2.75, 3.05) is 20.3 Å². The average Bonchev–Trinajstić information content (AvgIpc) is 2.40. The summed E-state index contributed by atoms with van der Waals surface area (Å²) < 4.78 is 11.3. The molecule has 1 fully saturated rings. The summed E-state index contributed by atoms with van der Waals surface area (Å²) >= 11 is 3.45. The molecular weight excluding hydrogens is 298 g/mol. The van der Waals surface area contributed by atoms with Gasteiger partial charge in [-0.3, -0.25) is 0 Å². The van der Waals surface area contributed by atoms with Crippen molar-refractivity contribution in [2.45, 2.75) is 18.9 Å². The van der Waals surface area contributed by atoms with Gasteiger partial charge in [-0.1, -0.05) is 15.9 Å². The number of halogens is 1. The van der Waals surface area contributed by atoms with E-state index in [-0.39, 0.29) is 11.8 Å². The molecule has 2 rings (SSSR count). The van der Waals surface area contributed by atoms with Gasteiger partial charge in [0, 0.05) is 29.3 Å². The van der Waals surface area contributed by atoms with Crippen LogP contribution in [0.1, 0.15) is 24.4 Å². The van der Waals surface area contributed by atoms with Crippen LogP contribution in [0.4, 0.5) is 0 Å². The number of phenolic OH excluding ortho intramolecular Hbond substituents is 1. The van der Waals surface area contributed by atoms with Crippen molar-refractivity contribution in [1.82, 2.24) is 0 Å². The van der Waals surface area contributed by atoms with Gasteiger partial charge in [0.2, 0.25) is 0 Å². The van der Waals surface area contributed by atoms with E-state index in [4.69, 9.17) is 15.2 Å². The highest BCUT2D eigenvalue weighted by Crippen LogP contribution is 2.42. The minimum absolute atomic E-state index is 0.130. The summed E-state index contributed by atoms with van der Waals surface area (Å²) in [4.78, 5) is 0. The van der Waals surface area contributed by atoms with Crippen LogP contribution >= 0.6 is 15.9 Å². The molecule has 1 aromatic carbocycles. The largest absolute Gasteiger partial charge is 0.504 e. The summed E-state index contributed by atoms with van der Waals surface area (Å²) in [5.74, 6) is 0.912. The van der Waals surface area contributed by atoms with E-state index < -0.39 is 0 Å². The Balaban J connectivity index is 2.30. The van der Waals surface area contributed by atoms with Crippen molar-refractivity contribution in [2.24, 2.45) is 11.7 Å². The van der Waals surface area contributed by atoms with E-state index in [1.54, 1.807) is 6.07 Å². The number of benzene rings is 1. The highest BCUT2D eigenvalue weighted by Gasteiger charge is 2.27. The summed E-state index contributed by atoms with van der Waals surface area (Å²) in [7, 11) is 1.53. The van der Waals surface area contributed by atoms with Gasteiger partial charge >= 0.3 is 0 Å². The molecule has 0 saturated carbocycles. The zero-order valence-electron chi connectivity index (χ0n) is 10.4. The Labute approximate surface area is 115 Å². The molecule has 0 bridgehead atoms. The first-order valence-corrected chi connectivity index (χ1v) is 6.83. The molecule has 0 spiro atoms. The average molecular weight is 316 g/mol. The van der Waals surface area contributed by atoms with Crippen LogP contribution < -0.4 is 10.5 Å². The molecular formula is C13H18BrNO3. The van der Waals surface area contributed by atoms with Crippen molar-refractivity contribution < 1.29 is 14.6 Å². The molecule has 0 aromatic heterocycles. The lowest BCUT2D eigenvalue weighted by molar-refractivity contribution is 0.0580. The van der Waals surface area contributed by atoms with Crippen molar-refractivity contribution in [3.05, 3.63) is 22.2 Å². The number of hydrogen-bond acceptors (Lipinski definition) is 4. The van der Waals surface area contributed by atoms with E-state index in [2.05, 4.69) is 15.9 Å². The predicted octanol–water partition coefficient (Wildman–Crippen LogP) is 2.59. The highest BCUT2D eigenvalue weighted by atomic mass is 79.9. The maximum Gasteiger partial charge on any atom is 0.163 e. The van der Waals surface area contributed by atoms with Crippen molar-refractivity contribution in [3.63, 3.8) is 0 Å². The third-order valence-corrected chi connectivity index (χ3v) is 4.15. The predicted molar refractivity (Wildman–Crippen MR) is 72.8 cm³/mol. The van der Waals surface area contributed by atoms with Crippen LogP contribution in [0, 0.1) is 5.92 Å². The Hall–Kier alpha value is -0.780. The van der Waals surface area contributed by atoms with E-state index in [0.717, 1.165) is 36.1 Å². The van der Waals surface area contributed by atoms with E-state index in [9.17, 15) is 5.11 Å². The molecule has 0 unspecified atom stereocenters. The molecule has 1 aromatic rings. The topological polar surface area (TPSA) is 64.7 Å². The first kappa shape index (κ1) is 13.6. The molecule has 4 nitrogen and oxygen atoms in total. The molecule has 100 valence electrons. The van der Waals surface area contributed by atoms with E-state index in [1.165, 1.54) is 7.11 Å². The highest BCUT2D eigenvalue weighted by molar-refractivity contribution is 9.10. The van der Waals surface area contributed by atoms with Gasteiger partial charge in [-0.2, -0.15) is 0 Å². The fourth-order valence-corrected chi connectivity index (χ4v) is 2.94. The molecule has 0 aliphatic carbocycles. The van der Waals surface area contributed by atoms with Crippen molar-refractivity contribution >= 4 is 15.9 Å². The molecule has 1 aliphatic heterocycles. The van der Waals surface area contributed by atoms with E-state index in [0.29, 0.717) is 11.7 Å². The molecule has 1 saturated heterocycles. The SMILES string of the molecule is COc1ccc(Br)c([C@H](N)C2CCOCC2)c1O. The molecule has 0 amide bonds. The van der Waals surface area contributed by atoms with Crippen LogP contribution in [0.25, 0.3) is 0 Å². The third-order valence-electron chi connectivity index (χ3n) is 3.45. The number of hydrogen-bond donors (Lipinski definition) is 2. The molecule has 1 aliphatic rings. The Morgan fingerprint density at radius 3 is 2.72 bits per heavy atom. The van der Waals surface area contributed by atoms with Gasteiger partial charge in [0.1, 0.15) is 0 Å². The second kappa shape index (κ2) is 5.91. The van der Waals surface area contributed by atoms with Crippen LogP contribution in [0.3, 0.4) is 0 Å². The van der Waals surface area contributed by atoms with Crippen LogP contribution in [-0.2, 0) is 4.74 Å². The summed E-state index contributed by atoms with van der Waals surface area (Å²) in [5.41, 5.74) is 7.02. The van der Waals surface area contributed by atoms with Crippen LogP contribution in [0.2, 0.25) is 0 Å². The van der Waals surface area contributed by atoms with Crippen molar-refractivity contribution in [1.29, 1.82) is 0 Å². The molecule has 18 heavy (non-hydrogen) atoms. The molecule has 0 radical (unpaired) electrons. The van der Waals surface area contributed by atoms with Gasteiger partial charge < -0.3 is 20.3 Å². The second-order valence-corrected chi connectivity index (χ2v) is 5.34. The zero-order valence-corrected chi connectivity index (χ0v) is 11.9. The minimum atomic E-state index is -0.210. The fourth-order valence-electron chi connectivity index (χ4n) is 2.36.